The van der Waals surface area contributed by atoms with Crippen molar-refractivity contribution in [3.63, 3.8) is 0 Å². The number of primary sulfonamides is 1. The lowest BCUT2D eigenvalue weighted by molar-refractivity contribution is 0.414. The normalized spacial score (nSPS) is 12.8. The zero-order valence-corrected chi connectivity index (χ0v) is 16.0. The van der Waals surface area contributed by atoms with Gasteiger partial charge in [0, 0.05) is 33.7 Å². The number of methoxy groups -OCH3 is 1. The molecule has 9 heteroatoms. The second-order valence-corrected chi connectivity index (χ2v) is 8.49. The van der Waals surface area contributed by atoms with Crippen LogP contribution in [-0.4, -0.2) is 25.5 Å². The molecule has 138 valence electrons. The monoisotopic (exact) mass is 400 g/mol. The number of thioether (sulfide) groups is 1. The molecular weight excluding hydrogens is 384 g/mol. The largest absolute Gasteiger partial charge is 0.497 e. The smallest absolute Gasteiger partial charge is 0.238 e. The van der Waals surface area contributed by atoms with Crippen LogP contribution in [0.25, 0.3) is 11.3 Å². The molecule has 0 unspecified atom stereocenters. The van der Waals surface area contributed by atoms with Crippen molar-refractivity contribution in [3.05, 3.63) is 54.2 Å². The first kappa shape index (κ1) is 17.8. The summed E-state index contributed by atoms with van der Waals surface area (Å²) in [6, 6.07) is 12.0. The molecule has 0 saturated heterocycles. The maximum atomic E-state index is 11.3. The summed E-state index contributed by atoms with van der Waals surface area (Å²) in [6.45, 7) is 0. The van der Waals surface area contributed by atoms with Gasteiger partial charge in [0.05, 0.1) is 17.7 Å². The molecule has 3 aromatic rings. The third-order valence-electron chi connectivity index (χ3n) is 4.13. The Morgan fingerprint density at radius 3 is 2.67 bits per heavy atom. The molecule has 0 amide bonds. The number of fused-ring (bicyclic) bond motifs is 3. The number of hydrogen-bond donors (Lipinski definition) is 2. The Kier molecular flexibility index (Phi) is 4.50. The van der Waals surface area contributed by atoms with Gasteiger partial charge < -0.3 is 10.1 Å². The third-order valence-corrected chi connectivity index (χ3v) is 6.16. The Hall–Kier alpha value is -2.62. The van der Waals surface area contributed by atoms with Gasteiger partial charge in [-0.15, -0.1) is 11.8 Å². The van der Waals surface area contributed by atoms with Gasteiger partial charge in [0.15, 0.2) is 0 Å². The minimum Gasteiger partial charge on any atom is -0.497 e. The van der Waals surface area contributed by atoms with E-state index >= 15 is 0 Å². The third kappa shape index (κ3) is 3.61. The van der Waals surface area contributed by atoms with E-state index in [0.717, 1.165) is 33.2 Å². The van der Waals surface area contributed by atoms with E-state index in [1.165, 1.54) is 12.1 Å². The van der Waals surface area contributed by atoms with Gasteiger partial charge in [0.2, 0.25) is 16.0 Å². The summed E-state index contributed by atoms with van der Waals surface area (Å²) >= 11 is 1.73. The molecule has 0 saturated carbocycles. The number of nitrogens with zero attached hydrogens (tertiary/aromatic N) is 2. The van der Waals surface area contributed by atoms with Gasteiger partial charge in [-0.05, 0) is 42.5 Å². The van der Waals surface area contributed by atoms with E-state index in [9.17, 15) is 8.42 Å². The van der Waals surface area contributed by atoms with Crippen LogP contribution in [0.4, 0.5) is 11.6 Å². The summed E-state index contributed by atoms with van der Waals surface area (Å²) < 4.78 is 28.0. The van der Waals surface area contributed by atoms with Crippen molar-refractivity contribution in [2.24, 2.45) is 5.14 Å². The molecule has 1 aliphatic rings. The lowest BCUT2D eigenvalue weighted by Gasteiger charge is -2.19. The van der Waals surface area contributed by atoms with Crippen molar-refractivity contribution in [2.45, 2.75) is 15.5 Å². The number of aromatic nitrogens is 2. The van der Waals surface area contributed by atoms with Crippen LogP contribution in [0.15, 0.2) is 58.5 Å². The highest BCUT2D eigenvalue weighted by Crippen LogP contribution is 2.42. The molecule has 0 spiro atoms. The van der Waals surface area contributed by atoms with Crippen molar-refractivity contribution in [3.8, 4) is 17.0 Å². The van der Waals surface area contributed by atoms with Gasteiger partial charge >= 0.3 is 0 Å². The molecule has 1 aliphatic heterocycles. The van der Waals surface area contributed by atoms with E-state index in [1.54, 1.807) is 31.0 Å². The van der Waals surface area contributed by atoms with Gasteiger partial charge in [-0.3, -0.25) is 0 Å². The van der Waals surface area contributed by atoms with Gasteiger partial charge in [-0.1, -0.05) is 0 Å². The minimum atomic E-state index is -3.72. The Morgan fingerprint density at radius 2 is 1.96 bits per heavy atom. The van der Waals surface area contributed by atoms with Crippen LogP contribution in [0.5, 0.6) is 5.75 Å². The van der Waals surface area contributed by atoms with Crippen molar-refractivity contribution < 1.29 is 13.2 Å². The summed E-state index contributed by atoms with van der Waals surface area (Å²) in [6.07, 6.45) is 1.81. The first-order valence-corrected chi connectivity index (χ1v) is 10.5. The molecule has 2 aromatic carbocycles. The number of nitrogens with one attached hydrogen (secondary N) is 1. The van der Waals surface area contributed by atoms with Crippen LogP contribution < -0.4 is 15.2 Å². The number of benzene rings is 2. The molecule has 1 aromatic heterocycles. The maximum Gasteiger partial charge on any atom is 0.238 e. The zero-order valence-electron chi connectivity index (χ0n) is 14.3. The molecule has 0 bridgehead atoms. The van der Waals surface area contributed by atoms with Gasteiger partial charge in [-0.2, -0.15) is 0 Å². The molecular formula is C18H16N4O3S2. The van der Waals surface area contributed by atoms with Gasteiger partial charge in [0.1, 0.15) is 5.75 Å². The molecule has 0 atom stereocenters. The molecule has 4 rings (SSSR count). The number of rotatable bonds is 4. The van der Waals surface area contributed by atoms with Crippen LogP contribution in [0, 0.1) is 0 Å². The Morgan fingerprint density at radius 1 is 1.19 bits per heavy atom. The van der Waals surface area contributed by atoms with Crippen LogP contribution in [0.2, 0.25) is 0 Å². The second kappa shape index (κ2) is 6.84. The highest BCUT2D eigenvalue weighted by Gasteiger charge is 2.20. The molecule has 0 fully saturated rings. The zero-order chi connectivity index (χ0) is 19.0. The predicted octanol–water partition coefficient (Wildman–Crippen LogP) is 3.15. The number of hydrogen-bond acceptors (Lipinski definition) is 7. The van der Waals surface area contributed by atoms with Gasteiger partial charge in [0.25, 0.3) is 0 Å². The van der Waals surface area contributed by atoms with Crippen LogP contribution in [0.1, 0.15) is 5.56 Å². The quantitative estimate of drug-likeness (QED) is 0.693. The lowest BCUT2D eigenvalue weighted by Crippen LogP contribution is -2.11. The minimum absolute atomic E-state index is 0.0549. The summed E-state index contributed by atoms with van der Waals surface area (Å²) in [4.78, 5) is 10.2. The average Bonchev–Trinajstić information content (AvgIpc) is 2.67. The average molecular weight is 400 g/mol. The van der Waals surface area contributed by atoms with E-state index in [4.69, 9.17) is 9.88 Å². The van der Waals surface area contributed by atoms with E-state index in [1.807, 2.05) is 24.4 Å². The van der Waals surface area contributed by atoms with E-state index in [0.29, 0.717) is 11.6 Å². The molecule has 3 N–H and O–H groups in total. The van der Waals surface area contributed by atoms with Crippen molar-refractivity contribution in [1.82, 2.24) is 9.97 Å². The molecule has 2 heterocycles. The first-order chi connectivity index (χ1) is 12.9. The van der Waals surface area contributed by atoms with E-state index < -0.39 is 10.0 Å². The van der Waals surface area contributed by atoms with Crippen LogP contribution in [-0.2, 0) is 15.8 Å². The highest BCUT2D eigenvalue weighted by molar-refractivity contribution is 7.98. The summed E-state index contributed by atoms with van der Waals surface area (Å²) in [5.74, 6) is 2.04. The van der Waals surface area contributed by atoms with Crippen LogP contribution in [0.3, 0.4) is 0 Å². The summed E-state index contributed by atoms with van der Waals surface area (Å²) in [7, 11) is -2.07. The van der Waals surface area contributed by atoms with E-state index in [-0.39, 0.29) is 4.90 Å². The predicted molar refractivity (Wildman–Crippen MR) is 105 cm³/mol. The number of ether oxygens (including phenoxy) is 1. The Bertz CT molecular complexity index is 1120. The molecule has 27 heavy (non-hydrogen) atoms. The highest BCUT2D eigenvalue weighted by atomic mass is 32.2. The summed E-state index contributed by atoms with van der Waals surface area (Å²) in [5.41, 5.74) is 3.65. The first-order valence-electron chi connectivity index (χ1n) is 8.01. The fraction of sp³-hybridized carbons (Fsp3) is 0.111. The van der Waals surface area contributed by atoms with Crippen molar-refractivity contribution in [1.29, 1.82) is 0 Å². The molecule has 0 aliphatic carbocycles. The Labute approximate surface area is 161 Å². The standard InChI is InChI=1S/C18H16N4O3S2/c1-25-13-4-7-15-16(8-13)26-10-11-9-20-18(22-17(11)15)21-12-2-5-14(6-3-12)27(19,23)24/h2-9H,10H2,1H3,(H2,19,23,24)(H,20,21,22). The fourth-order valence-corrected chi connectivity index (χ4v) is 4.32. The number of anilines is 2. The second-order valence-electron chi connectivity index (χ2n) is 5.91. The maximum absolute atomic E-state index is 11.3. The SMILES string of the molecule is COc1ccc2c(c1)SCc1cnc(Nc3ccc(S(N)(=O)=O)cc3)nc1-2. The summed E-state index contributed by atoms with van der Waals surface area (Å²) in [5, 5.41) is 8.21. The van der Waals surface area contributed by atoms with E-state index in [2.05, 4.69) is 15.3 Å². The van der Waals surface area contributed by atoms with Crippen molar-refractivity contribution in [2.75, 3.05) is 12.4 Å². The lowest BCUT2D eigenvalue weighted by atomic mass is 10.1. The molecule has 0 radical (unpaired) electrons. The topological polar surface area (TPSA) is 107 Å². The fourth-order valence-electron chi connectivity index (χ4n) is 2.76. The van der Waals surface area contributed by atoms with Crippen molar-refractivity contribution >= 4 is 33.4 Å². The number of sulfonamides is 1. The number of nitrogens with two attached hydrogens (primary N) is 1. The van der Waals surface area contributed by atoms with Crippen LogP contribution >= 0.6 is 11.8 Å². The van der Waals surface area contributed by atoms with Gasteiger partial charge in [-0.25, -0.2) is 23.5 Å². The molecule has 7 nitrogen and oxygen atoms in total. The Balaban J connectivity index is 1.65.